The number of nitrogens with zero attached hydrogens (tertiary/aromatic N) is 4. The Morgan fingerprint density at radius 1 is 1.57 bits per heavy atom. The van der Waals surface area contributed by atoms with E-state index in [0.29, 0.717) is 12.5 Å². The van der Waals surface area contributed by atoms with Crippen LogP contribution in [0.4, 0.5) is 0 Å². The first kappa shape index (κ1) is 14.2. The third kappa shape index (κ3) is 3.45. The van der Waals surface area contributed by atoms with E-state index >= 15 is 0 Å². The first-order valence-electron chi connectivity index (χ1n) is 6.89. The minimum atomic E-state index is -0.465. The maximum atomic E-state index is 11.3. The number of esters is 1. The molecule has 3 rings (SSSR count). The zero-order chi connectivity index (χ0) is 14.7. The second-order valence-corrected chi connectivity index (χ2v) is 5.91. The SMILES string of the molecule is COC(=O)c1cn(CCNCc2scnc2C2CC2)nn1. The summed E-state index contributed by atoms with van der Waals surface area (Å²) in [6.45, 7) is 2.24. The molecule has 7 nitrogen and oxygen atoms in total. The van der Waals surface area contributed by atoms with E-state index in [0.717, 1.165) is 13.1 Å². The average molecular weight is 307 g/mol. The normalized spacial score (nSPS) is 14.3. The third-order valence-electron chi connectivity index (χ3n) is 3.37. The largest absolute Gasteiger partial charge is 0.464 e. The Morgan fingerprint density at radius 3 is 3.19 bits per heavy atom. The van der Waals surface area contributed by atoms with Gasteiger partial charge in [0.05, 0.1) is 31.1 Å². The molecule has 2 heterocycles. The summed E-state index contributed by atoms with van der Waals surface area (Å²) in [4.78, 5) is 17.0. The van der Waals surface area contributed by atoms with Crippen molar-refractivity contribution in [2.75, 3.05) is 13.7 Å². The summed E-state index contributed by atoms with van der Waals surface area (Å²) in [5.74, 6) is 0.221. The summed E-state index contributed by atoms with van der Waals surface area (Å²) in [6, 6.07) is 0. The monoisotopic (exact) mass is 307 g/mol. The average Bonchev–Trinajstić information content (AvgIpc) is 3.05. The van der Waals surface area contributed by atoms with E-state index in [4.69, 9.17) is 0 Å². The van der Waals surface area contributed by atoms with Crippen LogP contribution in [0.25, 0.3) is 0 Å². The van der Waals surface area contributed by atoms with E-state index in [1.807, 2.05) is 5.51 Å². The summed E-state index contributed by atoms with van der Waals surface area (Å²) < 4.78 is 6.22. The van der Waals surface area contributed by atoms with Crippen molar-refractivity contribution in [2.45, 2.75) is 31.8 Å². The topological polar surface area (TPSA) is 81.9 Å². The molecule has 0 atom stereocenters. The summed E-state index contributed by atoms with van der Waals surface area (Å²) >= 11 is 1.71. The lowest BCUT2D eigenvalue weighted by molar-refractivity contribution is 0.0594. The van der Waals surface area contributed by atoms with Gasteiger partial charge in [0, 0.05) is 23.9 Å². The van der Waals surface area contributed by atoms with E-state index in [9.17, 15) is 4.79 Å². The van der Waals surface area contributed by atoms with Crippen molar-refractivity contribution in [3.8, 4) is 0 Å². The Kier molecular flexibility index (Phi) is 4.26. The van der Waals surface area contributed by atoms with E-state index in [1.165, 1.54) is 30.5 Å². The fourth-order valence-corrected chi connectivity index (χ4v) is 2.92. The molecule has 1 aliphatic rings. The Labute approximate surface area is 126 Å². The van der Waals surface area contributed by atoms with E-state index in [-0.39, 0.29) is 5.69 Å². The Morgan fingerprint density at radius 2 is 2.43 bits per heavy atom. The van der Waals surface area contributed by atoms with Crippen molar-refractivity contribution < 1.29 is 9.53 Å². The second-order valence-electron chi connectivity index (χ2n) is 4.97. The van der Waals surface area contributed by atoms with Crippen molar-refractivity contribution in [2.24, 2.45) is 0 Å². The van der Waals surface area contributed by atoms with Gasteiger partial charge >= 0.3 is 5.97 Å². The number of thiazole rings is 1. The van der Waals surface area contributed by atoms with E-state index in [1.54, 1.807) is 22.2 Å². The lowest BCUT2D eigenvalue weighted by Gasteiger charge is -2.04. The predicted octanol–water partition coefficient (Wildman–Crippen LogP) is 1.19. The van der Waals surface area contributed by atoms with Gasteiger partial charge in [-0.15, -0.1) is 16.4 Å². The van der Waals surface area contributed by atoms with Crippen LogP contribution in [0.2, 0.25) is 0 Å². The lowest BCUT2D eigenvalue weighted by atomic mass is 10.2. The quantitative estimate of drug-likeness (QED) is 0.611. The highest BCUT2D eigenvalue weighted by Gasteiger charge is 2.27. The number of rotatable bonds is 7. The van der Waals surface area contributed by atoms with Crippen molar-refractivity contribution in [3.63, 3.8) is 0 Å². The number of hydrogen-bond donors (Lipinski definition) is 1. The molecule has 0 aromatic carbocycles. The molecule has 112 valence electrons. The first-order valence-corrected chi connectivity index (χ1v) is 7.77. The number of aromatic nitrogens is 4. The van der Waals surface area contributed by atoms with Gasteiger partial charge in [0.2, 0.25) is 0 Å². The van der Waals surface area contributed by atoms with Gasteiger partial charge in [-0.25, -0.2) is 9.78 Å². The van der Waals surface area contributed by atoms with Gasteiger partial charge in [-0.1, -0.05) is 5.21 Å². The molecule has 8 heteroatoms. The van der Waals surface area contributed by atoms with Crippen LogP contribution in [0.3, 0.4) is 0 Å². The molecule has 0 bridgehead atoms. The Hall–Kier alpha value is -1.80. The fraction of sp³-hybridized carbons (Fsp3) is 0.538. The summed E-state index contributed by atoms with van der Waals surface area (Å²) in [5.41, 5.74) is 3.42. The Balaban J connectivity index is 1.44. The van der Waals surface area contributed by atoms with E-state index < -0.39 is 5.97 Å². The standard InChI is InChI=1S/C13H17N5O2S/c1-20-13(19)10-7-18(17-16-10)5-4-14-6-11-12(9-2-3-9)15-8-21-11/h7-9,14H,2-6H2,1H3. The van der Waals surface area contributed by atoms with Crippen molar-refractivity contribution in [1.82, 2.24) is 25.3 Å². The minimum Gasteiger partial charge on any atom is -0.464 e. The van der Waals surface area contributed by atoms with Crippen LogP contribution in [0, 0.1) is 0 Å². The lowest BCUT2D eigenvalue weighted by Crippen LogP contribution is -2.20. The molecular formula is C13H17N5O2S. The number of ether oxygens (including phenoxy) is 1. The molecule has 0 saturated heterocycles. The van der Waals surface area contributed by atoms with Gasteiger partial charge < -0.3 is 10.1 Å². The van der Waals surface area contributed by atoms with Crippen LogP contribution in [-0.2, 0) is 17.8 Å². The molecule has 0 radical (unpaired) electrons. The second kappa shape index (κ2) is 6.31. The van der Waals surface area contributed by atoms with Crippen LogP contribution in [0.1, 0.15) is 39.8 Å². The summed E-state index contributed by atoms with van der Waals surface area (Å²) in [7, 11) is 1.33. The summed E-state index contributed by atoms with van der Waals surface area (Å²) in [5, 5.41) is 11.0. The number of nitrogens with one attached hydrogen (secondary N) is 1. The zero-order valence-corrected chi connectivity index (χ0v) is 12.6. The molecule has 0 amide bonds. The van der Waals surface area contributed by atoms with Crippen LogP contribution >= 0.6 is 11.3 Å². The van der Waals surface area contributed by atoms with Gasteiger partial charge in [0.25, 0.3) is 0 Å². The molecule has 1 saturated carbocycles. The van der Waals surface area contributed by atoms with Crippen molar-refractivity contribution in [1.29, 1.82) is 0 Å². The molecule has 1 aliphatic carbocycles. The van der Waals surface area contributed by atoms with Crippen LogP contribution in [-0.4, -0.2) is 39.6 Å². The molecule has 2 aromatic heterocycles. The van der Waals surface area contributed by atoms with Gasteiger partial charge in [-0.2, -0.15) is 0 Å². The van der Waals surface area contributed by atoms with Gasteiger partial charge in [-0.3, -0.25) is 4.68 Å². The molecule has 0 aliphatic heterocycles. The minimum absolute atomic E-state index is 0.232. The third-order valence-corrected chi connectivity index (χ3v) is 4.22. The van der Waals surface area contributed by atoms with Gasteiger partial charge in [0.1, 0.15) is 0 Å². The predicted molar refractivity (Wildman–Crippen MR) is 77.2 cm³/mol. The maximum absolute atomic E-state index is 11.3. The number of carbonyl (C=O) groups excluding carboxylic acids is 1. The zero-order valence-electron chi connectivity index (χ0n) is 11.8. The smallest absolute Gasteiger partial charge is 0.360 e. The molecule has 0 spiro atoms. The molecular weight excluding hydrogens is 290 g/mol. The fourth-order valence-electron chi connectivity index (χ4n) is 2.10. The molecule has 21 heavy (non-hydrogen) atoms. The van der Waals surface area contributed by atoms with Crippen LogP contribution in [0.5, 0.6) is 0 Å². The number of carbonyl (C=O) groups is 1. The van der Waals surface area contributed by atoms with Crippen LogP contribution in [0.15, 0.2) is 11.7 Å². The molecule has 2 aromatic rings. The maximum Gasteiger partial charge on any atom is 0.360 e. The van der Waals surface area contributed by atoms with Gasteiger partial charge in [-0.05, 0) is 12.8 Å². The highest BCUT2D eigenvalue weighted by atomic mass is 32.1. The van der Waals surface area contributed by atoms with Crippen molar-refractivity contribution >= 4 is 17.3 Å². The summed E-state index contributed by atoms with van der Waals surface area (Å²) in [6.07, 6.45) is 4.13. The highest BCUT2D eigenvalue weighted by Crippen LogP contribution is 2.41. The van der Waals surface area contributed by atoms with Gasteiger partial charge in [0.15, 0.2) is 5.69 Å². The molecule has 1 fully saturated rings. The number of hydrogen-bond acceptors (Lipinski definition) is 7. The highest BCUT2D eigenvalue weighted by molar-refractivity contribution is 7.09. The molecule has 1 N–H and O–H groups in total. The molecule has 0 unspecified atom stereocenters. The van der Waals surface area contributed by atoms with Crippen LogP contribution < -0.4 is 5.32 Å². The first-order chi connectivity index (χ1) is 10.3. The van der Waals surface area contributed by atoms with Crippen molar-refractivity contribution in [3.05, 3.63) is 28.0 Å². The Bertz CT molecular complexity index is 620. The van der Waals surface area contributed by atoms with E-state index in [2.05, 4.69) is 25.3 Å². The number of methoxy groups -OCH3 is 1.